The predicted octanol–water partition coefficient (Wildman–Crippen LogP) is 2.97. The maximum atomic E-state index is 13.3. The van der Waals surface area contributed by atoms with Crippen LogP contribution in [0.5, 0.6) is 5.75 Å². The molecule has 0 saturated carbocycles. The molecule has 2 aromatic carbocycles. The molecule has 26 heavy (non-hydrogen) atoms. The number of nitrogens with zero attached hydrogens (tertiary/aromatic N) is 2. The summed E-state index contributed by atoms with van der Waals surface area (Å²) in [5.41, 5.74) is 1.40. The van der Waals surface area contributed by atoms with Crippen LogP contribution in [0.15, 0.2) is 42.5 Å². The Morgan fingerprint density at radius 3 is 2.50 bits per heavy atom. The van der Waals surface area contributed by atoms with Crippen LogP contribution in [0.3, 0.4) is 0 Å². The van der Waals surface area contributed by atoms with E-state index in [0.717, 1.165) is 43.9 Å². The minimum Gasteiger partial charge on any atom is -0.497 e. The van der Waals surface area contributed by atoms with Crippen LogP contribution in [0.25, 0.3) is 0 Å². The molecule has 1 aliphatic heterocycles. The van der Waals surface area contributed by atoms with Crippen LogP contribution >= 0.6 is 0 Å². The summed E-state index contributed by atoms with van der Waals surface area (Å²) in [5.74, 6) is -1.34. The second-order valence-electron chi connectivity index (χ2n) is 6.36. The molecule has 2 aromatic rings. The number of benzene rings is 2. The fourth-order valence-electron chi connectivity index (χ4n) is 3.10. The Labute approximate surface area is 152 Å². The lowest BCUT2D eigenvalue weighted by atomic mass is 10.1. The van der Waals surface area contributed by atoms with E-state index in [1.165, 1.54) is 11.6 Å². The van der Waals surface area contributed by atoms with Crippen molar-refractivity contribution < 1.29 is 18.3 Å². The van der Waals surface area contributed by atoms with Crippen LogP contribution in [0.1, 0.15) is 15.9 Å². The maximum Gasteiger partial charge on any atom is 0.254 e. The molecular formula is C20H22F2N2O2. The van der Waals surface area contributed by atoms with Crippen molar-refractivity contribution in [1.29, 1.82) is 0 Å². The van der Waals surface area contributed by atoms with Gasteiger partial charge in [-0.1, -0.05) is 12.1 Å². The molecule has 0 spiro atoms. The lowest BCUT2D eigenvalue weighted by molar-refractivity contribution is 0.0638. The second kappa shape index (κ2) is 8.27. The molecule has 1 amide bonds. The van der Waals surface area contributed by atoms with E-state index in [0.29, 0.717) is 13.1 Å². The molecule has 0 aromatic heterocycles. The first-order chi connectivity index (χ1) is 12.6. The van der Waals surface area contributed by atoms with Crippen LogP contribution < -0.4 is 4.74 Å². The first-order valence-corrected chi connectivity index (χ1v) is 8.66. The normalized spacial score (nSPS) is 15.1. The Bertz CT molecular complexity index is 774. The van der Waals surface area contributed by atoms with E-state index in [2.05, 4.69) is 11.0 Å². The zero-order valence-electron chi connectivity index (χ0n) is 14.8. The molecule has 0 radical (unpaired) electrons. The van der Waals surface area contributed by atoms with Gasteiger partial charge < -0.3 is 9.64 Å². The van der Waals surface area contributed by atoms with Crippen molar-refractivity contribution in [3.8, 4) is 5.75 Å². The summed E-state index contributed by atoms with van der Waals surface area (Å²) >= 11 is 0. The average molecular weight is 360 g/mol. The Kier molecular flexibility index (Phi) is 5.83. The number of halogens is 2. The van der Waals surface area contributed by atoms with Gasteiger partial charge in [-0.25, -0.2) is 8.78 Å². The molecule has 0 bridgehead atoms. The van der Waals surface area contributed by atoms with E-state index in [9.17, 15) is 13.6 Å². The molecule has 3 rings (SSSR count). The van der Waals surface area contributed by atoms with Crippen molar-refractivity contribution in [2.75, 3.05) is 39.8 Å². The quantitative estimate of drug-likeness (QED) is 0.822. The average Bonchev–Trinajstić information content (AvgIpc) is 2.68. The first kappa shape index (κ1) is 18.3. The van der Waals surface area contributed by atoms with Crippen molar-refractivity contribution in [2.45, 2.75) is 6.42 Å². The fourth-order valence-corrected chi connectivity index (χ4v) is 3.10. The third-order valence-electron chi connectivity index (χ3n) is 4.68. The number of methoxy groups -OCH3 is 1. The van der Waals surface area contributed by atoms with Gasteiger partial charge >= 0.3 is 0 Å². The van der Waals surface area contributed by atoms with Gasteiger partial charge in [0.25, 0.3) is 5.91 Å². The van der Waals surface area contributed by atoms with E-state index >= 15 is 0 Å². The zero-order chi connectivity index (χ0) is 18.5. The standard InChI is InChI=1S/C20H22F2N2O2/c1-26-17-4-2-3-15(13-17)7-8-23-9-11-24(12-10-23)20(25)16-5-6-18(21)19(22)14-16/h2-6,13-14H,7-12H2,1H3. The highest BCUT2D eigenvalue weighted by Crippen LogP contribution is 2.15. The summed E-state index contributed by atoms with van der Waals surface area (Å²) in [6, 6.07) is 11.3. The van der Waals surface area contributed by atoms with Crippen molar-refractivity contribution in [3.05, 3.63) is 65.2 Å². The first-order valence-electron chi connectivity index (χ1n) is 8.66. The van der Waals surface area contributed by atoms with Crippen molar-refractivity contribution in [1.82, 2.24) is 9.80 Å². The molecule has 1 heterocycles. The third-order valence-corrected chi connectivity index (χ3v) is 4.68. The van der Waals surface area contributed by atoms with Gasteiger partial charge in [-0.2, -0.15) is 0 Å². The minimum absolute atomic E-state index is 0.189. The smallest absolute Gasteiger partial charge is 0.254 e. The third kappa shape index (κ3) is 4.38. The number of carbonyl (C=O) groups is 1. The van der Waals surface area contributed by atoms with E-state index in [-0.39, 0.29) is 11.5 Å². The number of rotatable bonds is 5. The lowest BCUT2D eigenvalue weighted by Gasteiger charge is -2.34. The topological polar surface area (TPSA) is 32.8 Å². The van der Waals surface area contributed by atoms with Gasteiger partial charge in [-0.15, -0.1) is 0 Å². The van der Waals surface area contributed by atoms with Gasteiger partial charge in [-0.3, -0.25) is 9.69 Å². The number of hydrogen-bond acceptors (Lipinski definition) is 3. The van der Waals surface area contributed by atoms with E-state index in [1.54, 1.807) is 12.0 Å². The molecular weight excluding hydrogens is 338 g/mol. The number of carbonyl (C=O) groups excluding carboxylic acids is 1. The Morgan fingerprint density at radius 1 is 1.04 bits per heavy atom. The van der Waals surface area contributed by atoms with Crippen LogP contribution in [0.4, 0.5) is 8.78 Å². The summed E-state index contributed by atoms with van der Waals surface area (Å²) in [6.07, 6.45) is 0.911. The van der Waals surface area contributed by atoms with Gasteiger partial charge in [0.1, 0.15) is 5.75 Å². The minimum atomic E-state index is -0.993. The van der Waals surface area contributed by atoms with E-state index < -0.39 is 11.6 Å². The summed E-state index contributed by atoms with van der Waals surface area (Å²) in [6.45, 7) is 3.59. The highest BCUT2D eigenvalue weighted by Gasteiger charge is 2.22. The van der Waals surface area contributed by atoms with Crippen molar-refractivity contribution in [3.63, 3.8) is 0 Å². The number of ether oxygens (including phenoxy) is 1. The van der Waals surface area contributed by atoms with Gasteiger partial charge in [0, 0.05) is 38.3 Å². The maximum absolute atomic E-state index is 13.3. The Balaban J connectivity index is 1.50. The van der Waals surface area contributed by atoms with Crippen LogP contribution in [0, 0.1) is 11.6 Å². The van der Waals surface area contributed by atoms with Crippen LogP contribution in [-0.2, 0) is 6.42 Å². The summed E-state index contributed by atoms with van der Waals surface area (Å²) < 4.78 is 31.6. The molecule has 4 nitrogen and oxygen atoms in total. The summed E-state index contributed by atoms with van der Waals surface area (Å²) in [7, 11) is 1.66. The van der Waals surface area contributed by atoms with Crippen LogP contribution in [-0.4, -0.2) is 55.5 Å². The Hall–Kier alpha value is -2.47. The van der Waals surface area contributed by atoms with Crippen LogP contribution in [0.2, 0.25) is 0 Å². The molecule has 1 saturated heterocycles. The molecule has 0 aliphatic carbocycles. The van der Waals surface area contributed by atoms with Gasteiger partial charge in [0.05, 0.1) is 7.11 Å². The summed E-state index contributed by atoms with van der Waals surface area (Å²) in [5, 5.41) is 0. The molecule has 138 valence electrons. The zero-order valence-corrected chi connectivity index (χ0v) is 14.8. The monoisotopic (exact) mass is 360 g/mol. The Morgan fingerprint density at radius 2 is 1.81 bits per heavy atom. The predicted molar refractivity (Wildman–Crippen MR) is 95.4 cm³/mol. The largest absolute Gasteiger partial charge is 0.497 e. The second-order valence-corrected chi connectivity index (χ2v) is 6.36. The molecule has 0 N–H and O–H groups in total. The molecule has 0 atom stereocenters. The molecule has 6 heteroatoms. The number of hydrogen-bond donors (Lipinski definition) is 0. The summed E-state index contributed by atoms with van der Waals surface area (Å²) in [4.78, 5) is 16.4. The molecule has 1 fully saturated rings. The van der Waals surface area contributed by atoms with E-state index in [1.807, 2.05) is 18.2 Å². The highest BCUT2D eigenvalue weighted by molar-refractivity contribution is 5.94. The molecule has 1 aliphatic rings. The van der Waals surface area contributed by atoms with Gasteiger partial charge in [-0.05, 0) is 42.3 Å². The van der Waals surface area contributed by atoms with E-state index in [4.69, 9.17) is 4.74 Å². The lowest BCUT2D eigenvalue weighted by Crippen LogP contribution is -2.49. The van der Waals surface area contributed by atoms with Gasteiger partial charge in [0.2, 0.25) is 0 Å². The number of piperazine rings is 1. The highest BCUT2D eigenvalue weighted by atomic mass is 19.2. The van der Waals surface area contributed by atoms with Crippen molar-refractivity contribution in [2.24, 2.45) is 0 Å². The SMILES string of the molecule is COc1cccc(CCN2CCN(C(=O)c3ccc(F)c(F)c3)CC2)c1. The molecule has 0 unspecified atom stereocenters. The fraction of sp³-hybridized carbons (Fsp3) is 0.350. The number of amides is 1. The van der Waals surface area contributed by atoms with Gasteiger partial charge in [0.15, 0.2) is 11.6 Å². The van der Waals surface area contributed by atoms with Crippen molar-refractivity contribution >= 4 is 5.91 Å².